The van der Waals surface area contributed by atoms with Gasteiger partial charge in [0.1, 0.15) is 0 Å². The first-order valence-corrected chi connectivity index (χ1v) is 3.07. The van der Waals surface area contributed by atoms with Gasteiger partial charge in [-0.05, 0) is 12.1 Å². The molecule has 0 aliphatic carbocycles. The Labute approximate surface area is 62.6 Å². The lowest BCUT2D eigenvalue weighted by Gasteiger charge is -1.91. The molecule has 1 rings (SSSR count). The van der Waals surface area contributed by atoms with Crippen LogP contribution in [0.25, 0.3) is 0 Å². The minimum Gasteiger partial charge on any atom is -0.476 e. The lowest BCUT2D eigenvalue weighted by molar-refractivity contribution is 0.0651. The van der Waals surface area contributed by atoms with Crippen molar-refractivity contribution in [3.63, 3.8) is 0 Å². The van der Waals surface area contributed by atoms with Crippen LogP contribution in [0, 0.1) is 0 Å². The lowest BCUT2D eigenvalue weighted by Crippen LogP contribution is -1.92. The highest BCUT2D eigenvalue weighted by Crippen LogP contribution is 2.10. The van der Waals surface area contributed by atoms with E-state index in [2.05, 4.69) is 9.68 Å². The van der Waals surface area contributed by atoms with E-state index in [1.807, 2.05) is 0 Å². The number of hydrogen-bond donors (Lipinski definition) is 1. The number of carbonyl (C=O) groups is 1. The van der Waals surface area contributed by atoms with Crippen LogP contribution in [0.3, 0.4) is 0 Å². The Kier molecular flexibility index (Phi) is 2.10. The molecular formula is C6H7NO4. The fourth-order valence-electron chi connectivity index (χ4n) is 0.576. The van der Waals surface area contributed by atoms with Crippen molar-refractivity contribution in [1.82, 2.24) is 5.16 Å². The molecule has 0 atom stereocenters. The largest absolute Gasteiger partial charge is 0.476 e. The molecular weight excluding hydrogens is 150 g/mol. The van der Waals surface area contributed by atoms with E-state index in [0.717, 1.165) is 0 Å². The Morgan fingerprint density at radius 2 is 2.64 bits per heavy atom. The monoisotopic (exact) mass is 157 g/mol. The third-order valence-corrected chi connectivity index (χ3v) is 0.992. The van der Waals surface area contributed by atoms with Gasteiger partial charge in [-0.2, -0.15) is 0 Å². The quantitative estimate of drug-likeness (QED) is 0.701. The summed E-state index contributed by atoms with van der Waals surface area (Å²) in [5, 5.41) is 11.7. The van der Waals surface area contributed by atoms with Crippen LogP contribution in [0.5, 0.6) is 5.88 Å². The molecule has 1 heterocycles. The van der Waals surface area contributed by atoms with Crippen LogP contribution in [0.2, 0.25) is 0 Å². The van der Waals surface area contributed by atoms with E-state index in [4.69, 9.17) is 9.84 Å². The predicted molar refractivity (Wildman–Crippen MR) is 34.6 cm³/mol. The molecule has 0 saturated carbocycles. The minimum atomic E-state index is -1.15. The molecule has 1 aromatic heterocycles. The van der Waals surface area contributed by atoms with Crippen LogP contribution in [-0.4, -0.2) is 22.8 Å². The highest BCUT2D eigenvalue weighted by molar-refractivity contribution is 5.84. The molecule has 60 valence electrons. The summed E-state index contributed by atoms with van der Waals surface area (Å²) in [6, 6.07) is 1.23. The van der Waals surface area contributed by atoms with Crippen molar-refractivity contribution in [3.05, 3.63) is 11.8 Å². The van der Waals surface area contributed by atoms with Crippen LogP contribution in [0.15, 0.2) is 10.6 Å². The summed E-state index contributed by atoms with van der Waals surface area (Å²) in [6.07, 6.45) is 0. The summed E-state index contributed by atoms with van der Waals surface area (Å²) >= 11 is 0. The lowest BCUT2D eigenvalue weighted by atomic mass is 10.5. The molecule has 0 fully saturated rings. The maximum Gasteiger partial charge on any atom is 0.374 e. The molecule has 0 amide bonds. The summed E-state index contributed by atoms with van der Waals surface area (Å²) in [5.74, 6) is -1.16. The van der Waals surface area contributed by atoms with Crippen LogP contribution < -0.4 is 4.74 Å². The fourth-order valence-corrected chi connectivity index (χ4v) is 0.576. The second-order valence-corrected chi connectivity index (χ2v) is 1.77. The number of carboxylic acids is 1. The highest BCUT2D eigenvalue weighted by Gasteiger charge is 2.10. The molecule has 0 saturated heterocycles. The number of carboxylic acid groups (broad SMARTS) is 1. The Morgan fingerprint density at radius 1 is 1.91 bits per heavy atom. The third-order valence-electron chi connectivity index (χ3n) is 0.992. The smallest absolute Gasteiger partial charge is 0.374 e. The van der Waals surface area contributed by atoms with Gasteiger partial charge >= 0.3 is 5.97 Å². The van der Waals surface area contributed by atoms with Crippen molar-refractivity contribution in [2.75, 3.05) is 6.61 Å². The van der Waals surface area contributed by atoms with Crippen LogP contribution in [-0.2, 0) is 0 Å². The van der Waals surface area contributed by atoms with Gasteiger partial charge in [0.05, 0.1) is 12.7 Å². The first-order chi connectivity index (χ1) is 5.24. The zero-order valence-electron chi connectivity index (χ0n) is 5.90. The van der Waals surface area contributed by atoms with Gasteiger partial charge in [-0.25, -0.2) is 4.79 Å². The molecule has 0 bridgehead atoms. The molecule has 11 heavy (non-hydrogen) atoms. The molecule has 0 radical (unpaired) electrons. The van der Waals surface area contributed by atoms with Gasteiger partial charge in [-0.3, -0.25) is 0 Å². The summed E-state index contributed by atoms with van der Waals surface area (Å²) in [4.78, 5) is 10.2. The summed E-state index contributed by atoms with van der Waals surface area (Å²) in [7, 11) is 0. The average Bonchev–Trinajstić information content (AvgIpc) is 2.37. The van der Waals surface area contributed by atoms with Crippen molar-refractivity contribution in [3.8, 4) is 5.88 Å². The second kappa shape index (κ2) is 3.05. The van der Waals surface area contributed by atoms with Gasteiger partial charge in [0.15, 0.2) is 0 Å². The summed E-state index contributed by atoms with van der Waals surface area (Å²) < 4.78 is 9.27. The van der Waals surface area contributed by atoms with Crippen molar-refractivity contribution < 1.29 is 19.2 Å². The second-order valence-electron chi connectivity index (χ2n) is 1.77. The number of ether oxygens (including phenoxy) is 1. The van der Waals surface area contributed by atoms with E-state index in [9.17, 15) is 4.79 Å². The van der Waals surface area contributed by atoms with Gasteiger partial charge in [0.25, 0.3) is 5.88 Å². The highest BCUT2D eigenvalue weighted by atomic mass is 16.5. The first-order valence-electron chi connectivity index (χ1n) is 3.07. The molecule has 0 aliphatic heterocycles. The summed E-state index contributed by atoms with van der Waals surface area (Å²) in [6.45, 7) is 2.21. The number of aromatic nitrogens is 1. The van der Waals surface area contributed by atoms with Crippen molar-refractivity contribution in [2.24, 2.45) is 0 Å². The molecule has 0 spiro atoms. The third kappa shape index (κ3) is 1.70. The fraction of sp³-hybridized carbons (Fsp3) is 0.333. The molecule has 5 nitrogen and oxygen atoms in total. The maximum absolute atomic E-state index is 10.2. The zero-order chi connectivity index (χ0) is 8.27. The van der Waals surface area contributed by atoms with E-state index in [-0.39, 0.29) is 11.6 Å². The van der Waals surface area contributed by atoms with Crippen LogP contribution >= 0.6 is 0 Å². The average molecular weight is 157 g/mol. The van der Waals surface area contributed by atoms with Gasteiger partial charge < -0.3 is 14.4 Å². The number of rotatable bonds is 3. The molecule has 5 heteroatoms. The zero-order valence-corrected chi connectivity index (χ0v) is 5.90. The number of aromatic carboxylic acids is 1. The van der Waals surface area contributed by atoms with Gasteiger partial charge in [-0.15, -0.1) is 0 Å². The Balaban J connectivity index is 2.73. The van der Waals surface area contributed by atoms with Crippen molar-refractivity contribution in [2.45, 2.75) is 6.92 Å². The Morgan fingerprint density at radius 3 is 3.09 bits per heavy atom. The van der Waals surface area contributed by atoms with Gasteiger partial charge in [0.2, 0.25) is 5.76 Å². The molecule has 0 aromatic carbocycles. The Hall–Kier alpha value is -1.52. The van der Waals surface area contributed by atoms with Crippen LogP contribution in [0.1, 0.15) is 17.5 Å². The maximum atomic E-state index is 10.2. The molecule has 1 N–H and O–H groups in total. The predicted octanol–water partition coefficient (Wildman–Crippen LogP) is 0.771. The minimum absolute atomic E-state index is 0.199. The van der Waals surface area contributed by atoms with E-state index >= 15 is 0 Å². The topological polar surface area (TPSA) is 72.6 Å². The SMILES string of the molecule is CCOc1cc(C(=O)O)on1. The first kappa shape index (κ1) is 7.59. The molecule has 1 aromatic rings. The van der Waals surface area contributed by atoms with E-state index in [1.54, 1.807) is 6.92 Å². The molecule has 0 unspecified atom stereocenters. The van der Waals surface area contributed by atoms with E-state index < -0.39 is 5.97 Å². The van der Waals surface area contributed by atoms with Gasteiger partial charge in [-0.1, -0.05) is 0 Å². The number of nitrogens with zero attached hydrogens (tertiary/aromatic N) is 1. The summed E-state index contributed by atoms with van der Waals surface area (Å²) in [5.41, 5.74) is 0. The normalized spacial score (nSPS) is 9.55. The van der Waals surface area contributed by atoms with E-state index in [0.29, 0.717) is 6.61 Å². The van der Waals surface area contributed by atoms with Gasteiger partial charge in [0, 0.05) is 0 Å². The van der Waals surface area contributed by atoms with Crippen molar-refractivity contribution >= 4 is 5.97 Å². The standard InChI is InChI=1S/C6H7NO4/c1-2-10-5-3-4(6(8)9)11-7-5/h3H,2H2,1H3,(H,8,9). The van der Waals surface area contributed by atoms with Crippen LogP contribution in [0.4, 0.5) is 0 Å². The van der Waals surface area contributed by atoms with Crippen molar-refractivity contribution in [1.29, 1.82) is 0 Å². The number of hydrogen-bond acceptors (Lipinski definition) is 4. The Bertz CT molecular complexity index is 255. The molecule has 0 aliphatic rings. The van der Waals surface area contributed by atoms with E-state index in [1.165, 1.54) is 6.07 Å².